The number of methoxy groups -OCH3 is 1. The third kappa shape index (κ3) is 4.40. The number of anilines is 1. The highest BCUT2D eigenvalue weighted by Gasteiger charge is 2.26. The fourth-order valence-corrected chi connectivity index (χ4v) is 3.83. The molecule has 10 nitrogen and oxygen atoms in total. The van der Waals surface area contributed by atoms with Gasteiger partial charge in [0.1, 0.15) is 17.3 Å². The van der Waals surface area contributed by atoms with Crippen molar-refractivity contribution in [2.24, 2.45) is 0 Å². The molecule has 1 aromatic carbocycles. The van der Waals surface area contributed by atoms with Crippen LogP contribution in [0.2, 0.25) is 0 Å². The van der Waals surface area contributed by atoms with E-state index in [1.807, 2.05) is 36.4 Å². The van der Waals surface area contributed by atoms with Gasteiger partial charge in [0.25, 0.3) is 11.8 Å². The maximum atomic E-state index is 12.8. The summed E-state index contributed by atoms with van der Waals surface area (Å²) in [6, 6.07) is 13.2. The van der Waals surface area contributed by atoms with Gasteiger partial charge in [-0.05, 0) is 43.7 Å². The molecule has 168 valence electrons. The molecule has 10 heteroatoms. The first-order chi connectivity index (χ1) is 16.1. The van der Waals surface area contributed by atoms with Crippen LogP contribution < -0.4 is 15.0 Å². The van der Waals surface area contributed by atoms with E-state index in [4.69, 9.17) is 9.26 Å². The van der Waals surface area contributed by atoms with E-state index < -0.39 is 0 Å². The number of hydrogen-bond acceptors (Lipinski definition) is 8. The summed E-state index contributed by atoms with van der Waals surface area (Å²) in [4.78, 5) is 23.6. The molecule has 1 unspecified atom stereocenters. The SMILES string of the molecule is COc1cccc(-c2cc(C(=O)NC3CCN(c4ccc(-c5nc(C)no5)cn4)C3)[nH]n2)c1. The fraction of sp³-hybridized carbons (Fsp3) is 0.261. The van der Waals surface area contributed by atoms with Gasteiger partial charge in [0.2, 0.25) is 0 Å². The van der Waals surface area contributed by atoms with E-state index in [-0.39, 0.29) is 11.9 Å². The van der Waals surface area contributed by atoms with Gasteiger partial charge >= 0.3 is 0 Å². The van der Waals surface area contributed by atoms with Crippen molar-refractivity contribution in [3.8, 4) is 28.5 Å². The minimum Gasteiger partial charge on any atom is -0.497 e. The lowest BCUT2D eigenvalue weighted by molar-refractivity contribution is 0.0935. The summed E-state index contributed by atoms with van der Waals surface area (Å²) >= 11 is 0. The monoisotopic (exact) mass is 445 g/mol. The van der Waals surface area contributed by atoms with Crippen molar-refractivity contribution in [1.82, 2.24) is 30.6 Å². The van der Waals surface area contributed by atoms with Crippen LogP contribution in [0.3, 0.4) is 0 Å². The Kier molecular flexibility index (Phi) is 5.47. The number of carbonyl (C=O) groups is 1. The number of pyridine rings is 1. The second-order valence-corrected chi connectivity index (χ2v) is 7.86. The largest absolute Gasteiger partial charge is 0.497 e. The highest BCUT2D eigenvalue weighted by Crippen LogP contribution is 2.24. The molecule has 0 radical (unpaired) electrons. The Hall–Kier alpha value is -4.21. The van der Waals surface area contributed by atoms with Crippen LogP contribution in [0, 0.1) is 6.92 Å². The first-order valence-corrected chi connectivity index (χ1v) is 10.6. The smallest absolute Gasteiger partial charge is 0.269 e. The molecule has 1 aliphatic rings. The van der Waals surface area contributed by atoms with Crippen LogP contribution in [-0.4, -0.2) is 57.5 Å². The molecule has 0 saturated carbocycles. The molecule has 2 N–H and O–H groups in total. The molecule has 1 saturated heterocycles. The minimum atomic E-state index is -0.182. The Morgan fingerprint density at radius 2 is 2.15 bits per heavy atom. The highest BCUT2D eigenvalue weighted by molar-refractivity contribution is 5.93. The number of benzene rings is 1. The number of ether oxygens (including phenoxy) is 1. The summed E-state index contributed by atoms with van der Waals surface area (Å²) in [5.41, 5.74) is 2.76. The lowest BCUT2D eigenvalue weighted by atomic mass is 10.1. The summed E-state index contributed by atoms with van der Waals surface area (Å²) in [5.74, 6) is 2.43. The molecule has 33 heavy (non-hydrogen) atoms. The molecule has 0 bridgehead atoms. The average molecular weight is 445 g/mol. The van der Waals surface area contributed by atoms with E-state index >= 15 is 0 Å². The summed E-state index contributed by atoms with van der Waals surface area (Å²) in [6.07, 6.45) is 2.55. The molecule has 0 spiro atoms. The Bertz CT molecular complexity index is 1270. The average Bonchev–Trinajstić information content (AvgIpc) is 3.60. The molecule has 1 fully saturated rings. The van der Waals surface area contributed by atoms with Gasteiger partial charge in [-0.2, -0.15) is 10.1 Å². The van der Waals surface area contributed by atoms with Gasteiger partial charge in [-0.1, -0.05) is 17.3 Å². The molecule has 4 aromatic rings. The van der Waals surface area contributed by atoms with Crippen molar-refractivity contribution in [1.29, 1.82) is 0 Å². The molecule has 1 amide bonds. The fourth-order valence-electron chi connectivity index (χ4n) is 3.83. The van der Waals surface area contributed by atoms with Crippen molar-refractivity contribution < 1.29 is 14.1 Å². The van der Waals surface area contributed by atoms with Crippen LogP contribution in [0.25, 0.3) is 22.7 Å². The number of nitrogens with zero attached hydrogens (tertiary/aromatic N) is 5. The van der Waals surface area contributed by atoms with E-state index in [0.29, 0.717) is 29.6 Å². The lowest BCUT2D eigenvalue weighted by Gasteiger charge is -2.17. The van der Waals surface area contributed by atoms with Crippen molar-refractivity contribution in [3.05, 3.63) is 60.2 Å². The van der Waals surface area contributed by atoms with Gasteiger partial charge in [0.05, 0.1) is 18.4 Å². The number of aromatic nitrogens is 5. The van der Waals surface area contributed by atoms with E-state index in [1.165, 1.54) is 0 Å². The molecule has 1 aliphatic heterocycles. The Balaban J connectivity index is 1.20. The molecule has 5 rings (SSSR count). The van der Waals surface area contributed by atoms with Crippen molar-refractivity contribution in [2.75, 3.05) is 25.1 Å². The zero-order valence-corrected chi connectivity index (χ0v) is 18.3. The van der Waals surface area contributed by atoms with Crippen molar-refractivity contribution in [2.45, 2.75) is 19.4 Å². The first kappa shape index (κ1) is 20.7. The standard InChI is InChI=1S/C23H23N7O3/c1-14-25-23(33-29-14)16-6-7-21(24-12-16)30-9-8-17(13-30)26-22(31)20-11-19(27-28-20)15-4-3-5-18(10-15)32-2/h3-7,10-12,17H,8-9,13H2,1-2H3,(H,26,31)(H,27,28). The maximum Gasteiger partial charge on any atom is 0.269 e. The number of carbonyl (C=O) groups excluding carboxylic acids is 1. The quantitative estimate of drug-likeness (QED) is 0.465. The van der Waals surface area contributed by atoms with Gasteiger partial charge < -0.3 is 19.5 Å². The summed E-state index contributed by atoms with van der Waals surface area (Å²) in [6.45, 7) is 3.25. The van der Waals surface area contributed by atoms with Crippen LogP contribution in [0.5, 0.6) is 5.75 Å². The Morgan fingerprint density at radius 1 is 1.24 bits per heavy atom. The van der Waals surface area contributed by atoms with E-state index in [9.17, 15) is 4.79 Å². The van der Waals surface area contributed by atoms with Gasteiger partial charge in [-0.15, -0.1) is 0 Å². The van der Waals surface area contributed by atoms with E-state index in [0.717, 1.165) is 35.7 Å². The predicted octanol–water partition coefficient (Wildman–Crippen LogP) is 2.85. The van der Waals surface area contributed by atoms with Crippen molar-refractivity contribution in [3.63, 3.8) is 0 Å². The predicted molar refractivity (Wildman–Crippen MR) is 121 cm³/mol. The third-order valence-electron chi connectivity index (χ3n) is 5.56. The van der Waals surface area contributed by atoms with E-state index in [2.05, 4.69) is 35.5 Å². The van der Waals surface area contributed by atoms with Crippen molar-refractivity contribution >= 4 is 11.7 Å². The first-order valence-electron chi connectivity index (χ1n) is 10.6. The van der Waals surface area contributed by atoms with Gasteiger partial charge in [-0.3, -0.25) is 9.89 Å². The number of aromatic amines is 1. The lowest BCUT2D eigenvalue weighted by Crippen LogP contribution is -2.37. The molecule has 4 heterocycles. The normalized spacial score (nSPS) is 15.6. The summed E-state index contributed by atoms with van der Waals surface area (Å²) in [7, 11) is 1.62. The van der Waals surface area contributed by atoms with Crippen LogP contribution in [0.1, 0.15) is 22.7 Å². The minimum absolute atomic E-state index is 0.0149. The number of amides is 1. The third-order valence-corrected chi connectivity index (χ3v) is 5.56. The zero-order valence-electron chi connectivity index (χ0n) is 18.3. The molecule has 3 aromatic heterocycles. The van der Waals surface area contributed by atoms with E-state index in [1.54, 1.807) is 26.3 Å². The van der Waals surface area contributed by atoms with Gasteiger partial charge in [0.15, 0.2) is 5.82 Å². The highest BCUT2D eigenvalue weighted by atomic mass is 16.5. The van der Waals surface area contributed by atoms with Crippen LogP contribution in [0.15, 0.2) is 53.2 Å². The Morgan fingerprint density at radius 3 is 2.91 bits per heavy atom. The van der Waals surface area contributed by atoms with Crippen LogP contribution in [-0.2, 0) is 0 Å². The molecular weight excluding hydrogens is 422 g/mol. The molecule has 1 atom stereocenters. The zero-order chi connectivity index (χ0) is 22.8. The van der Waals surface area contributed by atoms with Crippen LogP contribution >= 0.6 is 0 Å². The summed E-state index contributed by atoms with van der Waals surface area (Å²) in [5, 5.41) is 14.0. The number of H-pyrrole nitrogens is 1. The second-order valence-electron chi connectivity index (χ2n) is 7.86. The number of aryl methyl sites for hydroxylation is 1. The number of rotatable bonds is 6. The number of hydrogen-bond donors (Lipinski definition) is 2. The number of nitrogens with one attached hydrogen (secondary N) is 2. The second kappa shape index (κ2) is 8.73. The van der Waals surface area contributed by atoms with Crippen LogP contribution in [0.4, 0.5) is 5.82 Å². The summed E-state index contributed by atoms with van der Waals surface area (Å²) < 4.78 is 10.4. The van der Waals surface area contributed by atoms with Gasteiger partial charge in [0, 0.05) is 30.9 Å². The molecule has 0 aliphatic carbocycles. The molecular formula is C23H23N7O3. The Labute approximate surface area is 190 Å². The maximum absolute atomic E-state index is 12.8. The van der Waals surface area contributed by atoms with Gasteiger partial charge in [-0.25, -0.2) is 4.98 Å². The topological polar surface area (TPSA) is 122 Å².